The van der Waals surface area contributed by atoms with Crippen molar-refractivity contribution in [2.75, 3.05) is 17.4 Å². The third-order valence-electron chi connectivity index (χ3n) is 4.87. The van der Waals surface area contributed by atoms with Gasteiger partial charge in [-0.15, -0.1) is 0 Å². The lowest BCUT2D eigenvalue weighted by atomic mass is 10.1. The van der Waals surface area contributed by atoms with Crippen molar-refractivity contribution in [2.45, 2.75) is 14.4 Å². The average Bonchev–Trinajstić information content (AvgIpc) is 3.39. The van der Waals surface area contributed by atoms with E-state index in [0.717, 1.165) is 5.01 Å². The molecule has 2 heterocycles. The van der Waals surface area contributed by atoms with Crippen LogP contribution in [0.15, 0.2) is 75.8 Å². The second-order valence-electron chi connectivity index (χ2n) is 7.10. The van der Waals surface area contributed by atoms with E-state index in [9.17, 15) is 19.5 Å². The van der Waals surface area contributed by atoms with Gasteiger partial charge < -0.3 is 19.6 Å². The normalized spacial score (nSPS) is 13.9. The van der Waals surface area contributed by atoms with Crippen LogP contribution in [0, 0.1) is 0 Å². The number of nitrogens with one attached hydrogen (secondary N) is 1. The molecule has 1 aromatic heterocycles. The first-order chi connectivity index (χ1) is 15.9. The maximum absolute atomic E-state index is 12.9. The van der Waals surface area contributed by atoms with Crippen LogP contribution >= 0.6 is 0 Å². The molecule has 4 rings (SSSR count). The van der Waals surface area contributed by atoms with Gasteiger partial charge in [0, 0.05) is 11.8 Å². The minimum Gasteiger partial charge on any atom is -0.497 e. The maximum Gasteiger partial charge on any atom is 0.335 e. The Kier molecular flexibility index (Phi) is 6.96. The Hall–Kier alpha value is -4.66. The number of carboxylic acid groups (broad SMARTS) is 1. The van der Waals surface area contributed by atoms with Crippen LogP contribution in [0.2, 0.25) is 0 Å². The Bertz CT molecular complexity index is 1320. The van der Waals surface area contributed by atoms with Crippen molar-refractivity contribution in [3.63, 3.8) is 0 Å². The number of amides is 2. The minimum atomic E-state index is -1.10. The van der Waals surface area contributed by atoms with E-state index in [1.165, 1.54) is 31.4 Å². The van der Waals surface area contributed by atoms with Gasteiger partial charge in [-0.2, -0.15) is 10.1 Å². The quantitative estimate of drug-likeness (QED) is 0.514. The van der Waals surface area contributed by atoms with Gasteiger partial charge in [-0.1, -0.05) is 19.6 Å². The van der Waals surface area contributed by atoms with Gasteiger partial charge in [-0.05, 0) is 55.5 Å². The maximum atomic E-state index is 12.9. The molecule has 0 fully saturated rings. The summed E-state index contributed by atoms with van der Waals surface area (Å²) in [4.78, 5) is 36.6. The van der Waals surface area contributed by atoms with Crippen molar-refractivity contribution in [1.29, 1.82) is 0 Å². The Labute approximate surface area is 196 Å². The third kappa shape index (κ3) is 4.88. The lowest BCUT2D eigenvalue weighted by molar-refractivity contribution is -0.114. The number of hydrogen-bond donors (Lipinski definition) is 2. The summed E-state index contributed by atoms with van der Waals surface area (Å²) in [6.07, 6.45) is 1.49. The molecule has 0 unspecified atom stereocenters. The van der Waals surface area contributed by atoms with Gasteiger partial charge in [0.2, 0.25) is 0 Å². The van der Waals surface area contributed by atoms with Gasteiger partial charge >= 0.3 is 5.97 Å². The number of nitrogens with zero attached hydrogens (tertiary/aromatic N) is 2. The number of anilines is 2. The van der Waals surface area contributed by atoms with Gasteiger partial charge in [0.05, 0.1) is 29.6 Å². The van der Waals surface area contributed by atoms with Crippen LogP contribution in [-0.4, -0.2) is 35.7 Å². The number of ether oxygens (including phenoxy) is 1. The number of benzene rings is 2. The summed E-state index contributed by atoms with van der Waals surface area (Å²) < 4.78 is 10.7. The molecule has 1 aliphatic heterocycles. The molecule has 0 saturated carbocycles. The summed E-state index contributed by atoms with van der Waals surface area (Å²) in [6, 6.07) is 15.9. The molecule has 2 amide bonds. The average molecular weight is 461 g/mol. The zero-order valence-electron chi connectivity index (χ0n) is 17.7. The molecular formula is C25H23N3O6. The first kappa shape index (κ1) is 24.0. The largest absolute Gasteiger partial charge is 0.497 e. The fraction of sp³-hybridized carbons (Fsp3) is 0.120. The van der Waals surface area contributed by atoms with E-state index < -0.39 is 17.8 Å². The molecule has 0 atom stereocenters. The van der Waals surface area contributed by atoms with Crippen molar-refractivity contribution in [3.05, 3.63) is 83.3 Å². The van der Waals surface area contributed by atoms with E-state index in [0.29, 0.717) is 28.6 Å². The zero-order valence-corrected chi connectivity index (χ0v) is 17.7. The molecule has 3 aromatic rings. The van der Waals surface area contributed by atoms with Crippen molar-refractivity contribution in [2.24, 2.45) is 5.10 Å². The summed E-state index contributed by atoms with van der Waals surface area (Å²) >= 11 is 0. The summed E-state index contributed by atoms with van der Waals surface area (Å²) in [6.45, 7) is 1.66. The second kappa shape index (κ2) is 9.86. The highest BCUT2D eigenvalue weighted by Gasteiger charge is 2.29. The lowest BCUT2D eigenvalue weighted by Gasteiger charge is -2.12. The molecule has 174 valence electrons. The van der Waals surface area contributed by atoms with E-state index >= 15 is 0 Å². The van der Waals surface area contributed by atoms with Gasteiger partial charge in [-0.25, -0.2) is 4.79 Å². The number of hydrogen-bond acceptors (Lipinski definition) is 6. The third-order valence-corrected chi connectivity index (χ3v) is 4.87. The molecule has 0 saturated heterocycles. The van der Waals surface area contributed by atoms with Gasteiger partial charge in [-0.3, -0.25) is 9.59 Å². The van der Waals surface area contributed by atoms with Crippen LogP contribution in [0.1, 0.15) is 41.0 Å². The standard InChI is InChI=1S/C24H19N3O6.CH4/c1-14-20(23(29)27(26-14)17-7-3-5-15(11-17)24(30)31)13-19-9-10-21(33-19)22(28)25-16-6-4-8-18(12-16)32-2;/h3-13H,1-2H3,(H,25,28)(H,30,31);1H4/b20-13-;. The Morgan fingerprint density at radius 2 is 1.88 bits per heavy atom. The van der Waals surface area contributed by atoms with Crippen molar-refractivity contribution >= 4 is 40.9 Å². The smallest absolute Gasteiger partial charge is 0.335 e. The highest BCUT2D eigenvalue weighted by molar-refractivity contribution is 6.32. The number of carboxylic acids is 1. The van der Waals surface area contributed by atoms with E-state index in [-0.39, 0.29) is 24.3 Å². The van der Waals surface area contributed by atoms with Gasteiger partial charge in [0.1, 0.15) is 11.5 Å². The van der Waals surface area contributed by atoms with Crippen LogP contribution in [0.25, 0.3) is 6.08 Å². The molecule has 2 N–H and O–H groups in total. The number of carbonyl (C=O) groups excluding carboxylic acids is 2. The lowest BCUT2D eigenvalue weighted by Crippen LogP contribution is -2.21. The van der Waals surface area contributed by atoms with Crippen molar-refractivity contribution in [1.82, 2.24) is 0 Å². The number of aromatic carboxylic acids is 1. The highest BCUT2D eigenvalue weighted by atomic mass is 16.5. The van der Waals surface area contributed by atoms with Crippen LogP contribution in [0.5, 0.6) is 5.75 Å². The molecule has 34 heavy (non-hydrogen) atoms. The number of carbonyl (C=O) groups is 3. The predicted molar refractivity (Wildman–Crippen MR) is 128 cm³/mol. The second-order valence-corrected chi connectivity index (χ2v) is 7.10. The van der Waals surface area contributed by atoms with Gasteiger partial charge in [0.25, 0.3) is 11.8 Å². The van der Waals surface area contributed by atoms with Gasteiger partial charge in [0.15, 0.2) is 5.76 Å². The van der Waals surface area contributed by atoms with E-state index in [4.69, 9.17) is 9.15 Å². The van der Waals surface area contributed by atoms with Crippen molar-refractivity contribution < 1.29 is 28.6 Å². The number of furan rings is 1. The Balaban J connectivity index is 0.00000324. The van der Waals surface area contributed by atoms with E-state index in [1.54, 1.807) is 49.4 Å². The highest BCUT2D eigenvalue weighted by Crippen LogP contribution is 2.26. The zero-order chi connectivity index (χ0) is 23.5. The minimum absolute atomic E-state index is 0. The van der Waals surface area contributed by atoms with E-state index in [1.807, 2.05) is 0 Å². The first-order valence-electron chi connectivity index (χ1n) is 9.86. The number of methoxy groups -OCH3 is 1. The molecule has 2 aromatic carbocycles. The Morgan fingerprint density at radius 3 is 2.62 bits per heavy atom. The summed E-state index contributed by atoms with van der Waals surface area (Å²) in [5.41, 5.74) is 1.62. The molecule has 0 aliphatic carbocycles. The Morgan fingerprint density at radius 1 is 1.12 bits per heavy atom. The molecule has 0 spiro atoms. The van der Waals surface area contributed by atoms with Crippen LogP contribution < -0.4 is 15.1 Å². The number of rotatable bonds is 6. The molecule has 0 radical (unpaired) electrons. The summed E-state index contributed by atoms with van der Waals surface area (Å²) in [5.74, 6) is -1.03. The predicted octanol–water partition coefficient (Wildman–Crippen LogP) is 4.68. The molecule has 0 bridgehead atoms. The van der Waals surface area contributed by atoms with Crippen LogP contribution in [-0.2, 0) is 4.79 Å². The molecule has 9 nitrogen and oxygen atoms in total. The summed E-state index contributed by atoms with van der Waals surface area (Å²) in [5, 5.41) is 17.3. The monoisotopic (exact) mass is 461 g/mol. The SMILES string of the molecule is C.COc1cccc(NC(=O)c2ccc(/C=C3\C(=O)N(c4cccc(C(=O)O)c4)N=C3C)o2)c1. The van der Waals surface area contributed by atoms with Crippen LogP contribution in [0.3, 0.4) is 0 Å². The first-order valence-corrected chi connectivity index (χ1v) is 9.86. The molecule has 9 heteroatoms. The molecule has 1 aliphatic rings. The molecular weight excluding hydrogens is 438 g/mol. The van der Waals surface area contributed by atoms with Crippen molar-refractivity contribution in [3.8, 4) is 5.75 Å². The fourth-order valence-corrected chi connectivity index (χ4v) is 3.22. The summed E-state index contributed by atoms with van der Waals surface area (Å²) in [7, 11) is 1.53. The fourth-order valence-electron chi connectivity index (χ4n) is 3.22. The number of hydrazone groups is 1. The van der Waals surface area contributed by atoms with E-state index in [2.05, 4.69) is 10.4 Å². The topological polar surface area (TPSA) is 121 Å². The van der Waals surface area contributed by atoms with Crippen LogP contribution in [0.4, 0.5) is 11.4 Å².